The first-order valence-corrected chi connectivity index (χ1v) is 8.32. The van der Waals surface area contributed by atoms with Crippen molar-refractivity contribution in [1.82, 2.24) is 0 Å². The largest absolute Gasteiger partial charge is 0.497 e. The molecule has 0 saturated heterocycles. The Bertz CT molecular complexity index is 965. The fourth-order valence-electron chi connectivity index (χ4n) is 2.60. The number of carbonyl (C=O) groups excluding carboxylic acids is 1. The van der Waals surface area contributed by atoms with Gasteiger partial charge in [0.2, 0.25) is 5.90 Å². The minimum atomic E-state index is -2.99. The molecular weight excluding hydrogens is 388 g/mol. The summed E-state index contributed by atoms with van der Waals surface area (Å²) in [5, 5.41) is 0. The van der Waals surface area contributed by atoms with E-state index in [-0.39, 0.29) is 23.1 Å². The Balaban J connectivity index is 1.93. The van der Waals surface area contributed by atoms with E-state index in [2.05, 4.69) is 9.73 Å². The molecule has 9 heteroatoms. The van der Waals surface area contributed by atoms with Crippen molar-refractivity contribution in [2.45, 2.75) is 6.61 Å². The van der Waals surface area contributed by atoms with Crippen LogP contribution in [0.5, 0.6) is 23.0 Å². The minimum absolute atomic E-state index is 0.0120. The van der Waals surface area contributed by atoms with Gasteiger partial charge in [-0.3, -0.25) is 0 Å². The molecule has 0 aliphatic carbocycles. The molecule has 0 radical (unpaired) electrons. The minimum Gasteiger partial charge on any atom is -0.497 e. The van der Waals surface area contributed by atoms with Gasteiger partial charge in [0.15, 0.2) is 17.2 Å². The second kappa shape index (κ2) is 8.59. The molecule has 0 unspecified atom stereocenters. The number of alkyl halides is 2. The summed E-state index contributed by atoms with van der Waals surface area (Å²) in [4.78, 5) is 16.4. The molecule has 0 bridgehead atoms. The molecule has 2 aromatic carbocycles. The zero-order chi connectivity index (χ0) is 21.0. The van der Waals surface area contributed by atoms with E-state index in [0.29, 0.717) is 22.6 Å². The van der Waals surface area contributed by atoms with Crippen molar-refractivity contribution >= 4 is 17.9 Å². The average molecular weight is 405 g/mol. The molecule has 1 heterocycles. The molecule has 1 aliphatic rings. The summed E-state index contributed by atoms with van der Waals surface area (Å²) in [7, 11) is 4.34. The van der Waals surface area contributed by atoms with E-state index in [9.17, 15) is 13.6 Å². The van der Waals surface area contributed by atoms with Crippen molar-refractivity contribution in [3.63, 3.8) is 0 Å². The number of aliphatic imine (C=N–C) groups is 1. The number of halogens is 2. The molecule has 29 heavy (non-hydrogen) atoms. The number of ether oxygens (including phenoxy) is 5. The van der Waals surface area contributed by atoms with E-state index in [1.807, 2.05) is 0 Å². The van der Waals surface area contributed by atoms with Crippen molar-refractivity contribution in [2.24, 2.45) is 4.99 Å². The average Bonchev–Trinajstić information content (AvgIpc) is 3.07. The maximum Gasteiger partial charge on any atom is 0.387 e. The van der Waals surface area contributed by atoms with Crippen LogP contribution in [0.2, 0.25) is 0 Å². The van der Waals surface area contributed by atoms with E-state index in [1.165, 1.54) is 45.6 Å². The highest BCUT2D eigenvalue weighted by atomic mass is 19.3. The Hall–Kier alpha value is -3.62. The van der Waals surface area contributed by atoms with Crippen LogP contribution in [0.25, 0.3) is 6.08 Å². The first kappa shape index (κ1) is 20.1. The third-order valence-corrected chi connectivity index (χ3v) is 3.92. The van der Waals surface area contributed by atoms with Crippen LogP contribution in [0.15, 0.2) is 47.1 Å². The van der Waals surface area contributed by atoms with Crippen LogP contribution in [0, 0.1) is 0 Å². The Morgan fingerprint density at radius 3 is 2.24 bits per heavy atom. The number of cyclic esters (lactones) is 1. The Morgan fingerprint density at radius 2 is 1.66 bits per heavy atom. The van der Waals surface area contributed by atoms with E-state index in [0.717, 1.165) is 0 Å². The van der Waals surface area contributed by atoms with Crippen LogP contribution in [-0.4, -0.2) is 39.8 Å². The lowest BCUT2D eigenvalue weighted by Crippen LogP contribution is -2.07. The van der Waals surface area contributed by atoms with Gasteiger partial charge in [-0.1, -0.05) is 0 Å². The summed E-state index contributed by atoms with van der Waals surface area (Å²) in [6.45, 7) is -2.99. The first-order chi connectivity index (χ1) is 13.9. The van der Waals surface area contributed by atoms with Gasteiger partial charge in [0.1, 0.15) is 11.5 Å². The van der Waals surface area contributed by atoms with Crippen LogP contribution in [0.4, 0.5) is 8.78 Å². The van der Waals surface area contributed by atoms with Crippen molar-refractivity contribution in [1.29, 1.82) is 0 Å². The number of methoxy groups -OCH3 is 3. The van der Waals surface area contributed by atoms with Gasteiger partial charge >= 0.3 is 12.6 Å². The molecule has 0 amide bonds. The molecular formula is C20H17F2NO6. The molecule has 1 aliphatic heterocycles. The van der Waals surface area contributed by atoms with Gasteiger partial charge < -0.3 is 23.7 Å². The maximum atomic E-state index is 12.5. The molecule has 3 rings (SSSR count). The highest BCUT2D eigenvalue weighted by Crippen LogP contribution is 2.31. The second-order valence-corrected chi connectivity index (χ2v) is 5.73. The van der Waals surface area contributed by atoms with E-state index in [1.54, 1.807) is 18.2 Å². The monoisotopic (exact) mass is 405 g/mol. The number of carbonyl (C=O) groups is 1. The fraction of sp³-hybridized carbons (Fsp3) is 0.200. The molecule has 0 N–H and O–H groups in total. The normalized spacial score (nSPS) is 14.6. The van der Waals surface area contributed by atoms with Crippen molar-refractivity contribution in [3.8, 4) is 23.0 Å². The first-order valence-electron chi connectivity index (χ1n) is 8.32. The lowest BCUT2D eigenvalue weighted by atomic mass is 10.1. The fourth-order valence-corrected chi connectivity index (χ4v) is 2.60. The van der Waals surface area contributed by atoms with Gasteiger partial charge in [0.05, 0.1) is 21.3 Å². The van der Waals surface area contributed by atoms with Crippen molar-refractivity contribution in [3.05, 3.63) is 53.2 Å². The molecule has 7 nitrogen and oxygen atoms in total. The number of benzene rings is 2. The smallest absolute Gasteiger partial charge is 0.387 e. The number of hydrogen-bond acceptors (Lipinski definition) is 7. The second-order valence-electron chi connectivity index (χ2n) is 5.73. The summed E-state index contributed by atoms with van der Waals surface area (Å²) in [5.74, 6) is 0.357. The Labute approximate surface area is 165 Å². The van der Waals surface area contributed by atoms with Gasteiger partial charge in [0.25, 0.3) is 0 Å². The zero-order valence-corrected chi connectivity index (χ0v) is 15.8. The van der Waals surface area contributed by atoms with Crippen molar-refractivity contribution in [2.75, 3.05) is 21.3 Å². The lowest BCUT2D eigenvalue weighted by molar-refractivity contribution is -0.129. The van der Waals surface area contributed by atoms with Gasteiger partial charge in [-0.05, 0) is 42.0 Å². The summed E-state index contributed by atoms with van der Waals surface area (Å²) in [6, 6.07) is 9.21. The number of rotatable bonds is 7. The molecule has 0 saturated carbocycles. The summed E-state index contributed by atoms with van der Waals surface area (Å²) < 4.78 is 50.0. The predicted octanol–water partition coefficient (Wildman–Crippen LogP) is 3.66. The number of esters is 1. The third-order valence-electron chi connectivity index (χ3n) is 3.92. The zero-order valence-electron chi connectivity index (χ0n) is 15.8. The van der Waals surface area contributed by atoms with Gasteiger partial charge in [-0.25, -0.2) is 9.79 Å². The number of nitrogens with zero attached hydrogens (tertiary/aromatic N) is 1. The van der Waals surface area contributed by atoms with E-state index in [4.69, 9.17) is 18.9 Å². The summed E-state index contributed by atoms with van der Waals surface area (Å²) >= 11 is 0. The number of hydrogen-bond donors (Lipinski definition) is 0. The third kappa shape index (κ3) is 4.63. The standard InChI is InChI=1S/C20H17F2NO6/c1-25-13-6-11(7-14(10-13)26-2)8-15-19(24)29-18(23-15)12-4-5-16(28-20(21)22)17(9-12)27-3/h4-10,20H,1-3H3/b15-8-. The van der Waals surface area contributed by atoms with E-state index < -0.39 is 12.6 Å². The summed E-state index contributed by atoms with van der Waals surface area (Å²) in [5.41, 5.74) is 1.04. The van der Waals surface area contributed by atoms with Crippen LogP contribution in [-0.2, 0) is 9.53 Å². The quantitative estimate of drug-likeness (QED) is 0.517. The lowest BCUT2D eigenvalue weighted by Gasteiger charge is -2.10. The highest BCUT2D eigenvalue weighted by molar-refractivity contribution is 6.13. The molecule has 0 atom stereocenters. The Morgan fingerprint density at radius 1 is 0.966 bits per heavy atom. The molecule has 0 aromatic heterocycles. The SMILES string of the molecule is COc1cc(/C=C2\N=C(c3ccc(OC(F)F)c(OC)c3)OC2=O)cc(OC)c1. The molecule has 0 spiro atoms. The van der Waals surface area contributed by atoms with Crippen LogP contribution >= 0.6 is 0 Å². The van der Waals surface area contributed by atoms with Gasteiger partial charge in [0, 0.05) is 11.6 Å². The molecule has 2 aromatic rings. The van der Waals surface area contributed by atoms with E-state index >= 15 is 0 Å². The maximum absolute atomic E-state index is 12.5. The van der Waals surface area contributed by atoms with Crippen molar-refractivity contribution < 1.29 is 37.3 Å². The van der Waals surface area contributed by atoms with Gasteiger partial charge in [-0.2, -0.15) is 8.78 Å². The Kier molecular flexibility index (Phi) is 5.96. The molecule has 152 valence electrons. The van der Waals surface area contributed by atoms with Crippen LogP contribution < -0.4 is 18.9 Å². The van der Waals surface area contributed by atoms with Crippen LogP contribution in [0.3, 0.4) is 0 Å². The summed E-state index contributed by atoms with van der Waals surface area (Å²) in [6.07, 6.45) is 1.52. The predicted molar refractivity (Wildman–Crippen MR) is 99.8 cm³/mol. The van der Waals surface area contributed by atoms with Gasteiger partial charge in [-0.15, -0.1) is 0 Å². The van der Waals surface area contributed by atoms with Crippen LogP contribution in [0.1, 0.15) is 11.1 Å². The topological polar surface area (TPSA) is 75.6 Å². The molecule has 0 fully saturated rings. The highest BCUT2D eigenvalue weighted by Gasteiger charge is 2.25.